The van der Waals surface area contributed by atoms with Gasteiger partial charge in [-0.25, -0.2) is 0 Å². The van der Waals surface area contributed by atoms with Crippen LogP contribution in [0.1, 0.15) is 10.6 Å². The largest absolute Gasteiger partial charge is 0.485 e. The minimum atomic E-state index is -0.163. The van der Waals surface area contributed by atoms with Crippen LogP contribution in [0.2, 0.25) is 0 Å². The molecule has 1 heterocycles. The van der Waals surface area contributed by atoms with Gasteiger partial charge < -0.3 is 9.15 Å². The van der Waals surface area contributed by atoms with Gasteiger partial charge >= 0.3 is 0 Å². The van der Waals surface area contributed by atoms with E-state index in [1.165, 1.54) is 6.26 Å². The molecule has 0 aliphatic rings. The Morgan fingerprint density at radius 1 is 1.31 bits per heavy atom. The van der Waals surface area contributed by atoms with E-state index in [1.54, 1.807) is 12.1 Å². The summed E-state index contributed by atoms with van der Waals surface area (Å²) in [5.41, 5.74) is 0. The predicted octanol–water partition coefficient (Wildman–Crippen LogP) is 3.15. The number of Topliss-reactive ketones (excluding diaryl/α,β-unsaturated/α-hetero) is 1. The topological polar surface area (TPSA) is 39.4 Å². The van der Waals surface area contributed by atoms with Crippen molar-refractivity contribution in [2.24, 2.45) is 0 Å². The Balaban J connectivity index is 1.95. The number of rotatable bonds is 4. The molecule has 82 valence electrons. The number of halogens is 1. The molecule has 0 saturated carbocycles. The number of carbonyl (C=O) groups excluding carboxylic acids is 1. The Morgan fingerprint density at radius 3 is 2.88 bits per heavy atom. The lowest BCUT2D eigenvalue weighted by atomic mass is 10.3. The third-order valence-electron chi connectivity index (χ3n) is 1.96. The summed E-state index contributed by atoms with van der Waals surface area (Å²) in [5, 5.41) is 0. The number of carbonyl (C=O) groups is 1. The molecule has 0 atom stereocenters. The van der Waals surface area contributed by atoms with Crippen molar-refractivity contribution in [3.05, 3.63) is 52.0 Å². The first kappa shape index (κ1) is 11.2. The van der Waals surface area contributed by atoms with Crippen molar-refractivity contribution in [3.8, 4) is 5.75 Å². The Hall–Kier alpha value is -1.30. The second-order valence-corrected chi connectivity index (χ2v) is 4.39. The predicted molar refractivity (Wildman–Crippen MR) is 67.7 cm³/mol. The van der Waals surface area contributed by atoms with Gasteiger partial charge in [-0.1, -0.05) is 6.07 Å². The Labute approximate surface area is 107 Å². The van der Waals surface area contributed by atoms with Gasteiger partial charge in [0, 0.05) is 3.57 Å². The van der Waals surface area contributed by atoms with Crippen molar-refractivity contribution in [3.63, 3.8) is 0 Å². The monoisotopic (exact) mass is 328 g/mol. The molecule has 2 aromatic rings. The summed E-state index contributed by atoms with van der Waals surface area (Å²) in [6.45, 7) is -0.00634. The molecule has 1 aromatic carbocycles. The van der Waals surface area contributed by atoms with E-state index in [9.17, 15) is 4.79 Å². The van der Waals surface area contributed by atoms with E-state index in [0.29, 0.717) is 11.5 Å². The molecule has 0 spiro atoms. The van der Waals surface area contributed by atoms with Gasteiger partial charge in [0.25, 0.3) is 0 Å². The Morgan fingerprint density at radius 2 is 2.19 bits per heavy atom. The molecule has 0 N–H and O–H groups in total. The number of hydrogen-bond acceptors (Lipinski definition) is 3. The van der Waals surface area contributed by atoms with Gasteiger partial charge in [0.15, 0.2) is 12.4 Å². The van der Waals surface area contributed by atoms with E-state index in [-0.39, 0.29) is 12.4 Å². The molecule has 0 amide bonds. The fourth-order valence-electron chi connectivity index (χ4n) is 1.21. The van der Waals surface area contributed by atoms with Crippen LogP contribution in [0.3, 0.4) is 0 Å². The third-order valence-corrected chi connectivity index (χ3v) is 2.63. The highest BCUT2D eigenvalue weighted by Gasteiger charge is 2.09. The van der Waals surface area contributed by atoms with Crippen LogP contribution < -0.4 is 4.74 Å². The van der Waals surface area contributed by atoms with Crippen LogP contribution in [0.5, 0.6) is 5.75 Å². The number of ether oxygens (including phenoxy) is 1. The molecule has 0 aliphatic heterocycles. The first-order chi connectivity index (χ1) is 7.75. The molecule has 0 aliphatic carbocycles. The van der Waals surface area contributed by atoms with E-state index in [0.717, 1.165) is 3.57 Å². The minimum absolute atomic E-state index is 0.00634. The van der Waals surface area contributed by atoms with Crippen molar-refractivity contribution in [1.29, 1.82) is 0 Å². The fraction of sp³-hybridized carbons (Fsp3) is 0.0833. The summed E-state index contributed by atoms with van der Waals surface area (Å²) in [5.74, 6) is 0.848. The molecule has 0 fully saturated rings. The zero-order valence-corrected chi connectivity index (χ0v) is 10.5. The van der Waals surface area contributed by atoms with Gasteiger partial charge in [0.05, 0.1) is 6.26 Å². The molecule has 3 nitrogen and oxygen atoms in total. The zero-order chi connectivity index (χ0) is 11.4. The smallest absolute Gasteiger partial charge is 0.235 e. The van der Waals surface area contributed by atoms with Crippen LogP contribution in [0, 0.1) is 3.57 Å². The van der Waals surface area contributed by atoms with Crippen LogP contribution >= 0.6 is 22.6 Å². The lowest BCUT2D eigenvalue weighted by molar-refractivity contribution is 0.0893. The lowest BCUT2D eigenvalue weighted by Gasteiger charge is -2.04. The molecule has 0 unspecified atom stereocenters. The van der Waals surface area contributed by atoms with E-state index in [4.69, 9.17) is 9.15 Å². The second kappa shape index (κ2) is 5.16. The maximum absolute atomic E-state index is 11.5. The first-order valence-electron chi connectivity index (χ1n) is 4.71. The highest BCUT2D eigenvalue weighted by atomic mass is 127. The van der Waals surface area contributed by atoms with Crippen molar-refractivity contribution in [1.82, 2.24) is 0 Å². The molecule has 1 aromatic heterocycles. The summed E-state index contributed by atoms with van der Waals surface area (Å²) in [6, 6.07) is 10.8. The van der Waals surface area contributed by atoms with Gasteiger partial charge in [-0.15, -0.1) is 0 Å². The fourth-order valence-corrected chi connectivity index (χ4v) is 1.73. The van der Waals surface area contributed by atoms with Crippen LogP contribution in [0.15, 0.2) is 47.1 Å². The summed E-state index contributed by atoms with van der Waals surface area (Å²) in [4.78, 5) is 11.5. The van der Waals surface area contributed by atoms with Crippen LogP contribution in [0.25, 0.3) is 0 Å². The zero-order valence-electron chi connectivity index (χ0n) is 8.35. The lowest BCUT2D eigenvalue weighted by Crippen LogP contribution is -2.10. The molecule has 4 heteroatoms. The van der Waals surface area contributed by atoms with Crippen LogP contribution in [0.4, 0.5) is 0 Å². The van der Waals surface area contributed by atoms with Gasteiger partial charge in [-0.3, -0.25) is 4.79 Å². The molecule has 16 heavy (non-hydrogen) atoms. The molecular weight excluding hydrogens is 319 g/mol. The highest BCUT2D eigenvalue weighted by Crippen LogP contribution is 2.15. The van der Waals surface area contributed by atoms with Gasteiger partial charge in [-0.2, -0.15) is 0 Å². The molecule has 0 radical (unpaired) electrons. The number of hydrogen-bond donors (Lipinski definition) is 0. The van der Waals surface area contributed by atoms with E-state index >= 15 is 0 Å². The second-order valence-electron chi connectivity index (χ2n) is 3.15. The highest BCUT2D eigenvalue weighted by molar-refractivity contribution is 14.1. The van der Waals surface area contributed by atoms with Gasteiger partial charge in [-0.05, 0) is 52.9 Å². The van der Waals surface area contributed by atoms with Gasteiger partial charge in [0.2, 0.25) is 5.78 Å². The summed E-state index contributed by atoms with van der Waals surface area (Å²) in [6.07, 6.45) is 1.47. The molecule has 0 saturated heterocycles. The summed E-state index contributed by atoms with van der Waals surface area (Å²) < 4.78 is 11.4. The van der Waals surface area contributed by atoms with Crippen LogP contribution in [-0.4, -0.2) is 12.4 Å². The van der Waals surface area contributed by atoms with E-state index in [1.807, 2.05) is 24.3 Å². The summed E-state index contributed by atoms with van der Waals surface area (Å²) >= 11 is 2.19. The average molecular weight is 328 g/mol. The number of ketones is 1. The number of benzene rings is 1. The molecular formula is C12H9IO3. The molecule has 0 bridgehead atoms. The minimum Gasteiger partial charge on any atom is -0.485 e. The number of furan rings is 1. The Bertz CT molecular complexity index is 477. The standard InChI is InChI=1S/C12H9IO3/c13-9-3-1-4-10(7-9)16-8-11(14)12-5-2-6-15-12/h1-7H,8H2. The van der Waals surface area contributed by atoms with Crippen molar-refractivity contribution >= 4 is 28.4 Å². The van der Waals surface area contributed by atoms with Crippen LogP contribution in [-0.2, 0) is 0 Å². The maximum atomic E-state index is 11.5. The van der Waals surface area contributed by atoms with Crippen molar-refractivity contribution in [2.45, 2.75) is 0 Å². The maximum Gasteiger partial charge on any atom is 0.235 e. The van der Waals surface area contributed by atoms with E-state index in [2.05, 4.69) is 22.6 Å². The van der Waals surface area contributed by atoms with Crippen molar-refractivity contribution in [2.75, 3.05) is 6.61 Å². The molecule has 2 rings (SSSR count). The summed E-state index contributed by atoms with van der Waals surface area (Å²) in [7, 11) is 0. The first-order valence-corrected chi connectivity index (χ1v) is 5.78. The SMILES string of the molecule is O=C(COc1cccc(I)c1)c1ccco1. The van der Waals surface area contributed by atoms with Crippen molar-refractivity contribution < 1.29 is 13.9 Å². The third kappa shape index (κ3) is 2.85. The average Bonchev–Trinajstić information content (AvgIpc) is 2.79. The van der Waals surface area contributed by atoms with E-state index < -0.39 is 0 Å². The Kier molecular flexibility index (Phi) is 3.61. The quantitative estimate of drug-likeness (QED) is 0.639. The normalized spacial score (nSPS) is 10.1. The van der Waals surface area contributed by atoms with Gasteiger partial charge in [0.1, 0.15) is 5.75 Å².